The van der Waals surface area contributed by atoms with Crippen molar-refractivity contribution in [2.75, 3.05) is 25.9 Å². The number of aromatic nitrogens is 4. The molecule has 184 valence electrons. The van der Waals surface area contributed by atoms with E-state index in [-0.39, 0.29) is 17.7 Å². The van der Waals surface area contributed by atoms with Crippen molar-refractivity contribution in [2.24, 2.45) is 5.92 Å². The molecule has 2 aliphatic rings. The average molecular weight is 483 g/mol. The van der Waals surface area contributed by atoms with E-state index >= 15 is 0 Å². The number of likely N-dealkylation sites (tertiary alicyclic amines) is 1. The summed E-state index contributed by atoms with van der Waals surface area (Å²) < 4.78 is 7.41. The van der Waals surface area contributed by atoms with Crippen LogP contribution in [0.3, 0.4) is 0 Å². The van der Waals surface area contributed by atoms with Gasteiger partial charge in [-0.15, -0.1) is 0 Å². The molecule has 3 aromatic heterocycles. The predicted molar refractivity (Wildman–Crippen MR) is 140 cm³/mol. The number of fused-ring (bicyclic) bond motifs is 2. The highest BCUT2D eigenvalue weighted by molar-refractivity contribution is 5.91. The lowest BCUT2D eigenvalue weighted by Crippen LogP contribution is -2.39. The van der Waals surface area contributed by atoms with Gasteiger partial charge >= 0.3 is 0 Å². The lowest BCUT2D eigenvalue weighted by atomic mass is 9.93. The van der Waals surface area contributed by atoms with Gasteiger partial charge in [-0.25, -0.2) is 9.97 Å². The normalized spacial score (nSPS) is 18.6. The van der Waals surface area contributed by atoms with Crippen molar-refractivity contribution < 1.29 is 9.53 Å². The number of rotatable bonds is 5. The van der Waals surface area contributed by atoms with Crippen LogP contribution in [0.2, 0.25) is 0 Å². The number of piperidine rings is 1. The summed E-state index contributed by atoms with van der Waals surface area (Å²) in [6, 6.07) is 10.3. The number of benzene rings is 1. The molecule has 6 rings (SSSR count). The lowest BCUT2D eigenvalue weighted by Gasteiger charge is -2.32. The van der Waals surface area contributed by atoms with Gasteiger partial charge in [0.1, 0.15) is 28.6 Å². The molecule has 0 bridgehead atoms. The zero-order valence-corrected chi connectivity index (χ0v) is 20.4. The Hall–Kier alpha value is -4.07. The summed E-state index contributed by atoms with van der Waals surface area (Å²) in [5, 5.41) is 1.13. The molecule has 1 aliphatic carbocycles. The van der Waals surface area contributed by atoms with Gasteiger partial charge in [0.15, 0.2) is 0 Å². The van der Waals surface area contributed by atoms with Gasteiger partial charge < -0.3 is 20.4 Å². The number of para-hydroxylation sites is 1. The molecule has 3 N–H and O–H groups in total. The Morgan fingerprint density at radius 1 is 1.25 bits per heavy atom. The van der Waals surface area contributed by atoms with E-state index in [1.807, 2.05) is 29.3 Å². The molecule has 4 aromatic rings. The molecule has 1 atom stereocenters. The molecule has 4 heterocycles. The number of hydrogen-bond donors (Lipinski definition) is 2. The maximum atomic E-state index is 13.0. The number of allylic oxidation sites excluding steroid dienone is 3. The summed E-state index contributed by atoms with van der Waals surface area (Å²) in [7, 11) is 1.66. The fraction of sp³-hybridized carbons (Fsp3) is 0.321. The van der Waals surface area contributed by atoms with Crippen LogP contribution in [0.5, 0.6) is 0 Å². The number of anilines is 1. The standard InChI is InChI=1S/C28H30N6O2/c1-36-21-7-4-5-18(15-21)16-24(35)33-12-9-19(10-13-33)28-32-25(26-27(29)30-11-14-34(26)28)23-17-20-6-2-3-8-22(20)31-23/h2-4,6-8,11,14-15,17-19,31H,5,9-10,12-13,16H2,1H3,(H2,29,30). The molecular formula is C28H30N6O2. The molecular weight excluding hydrogens is 452 g/mol. The molecule has 1 fully saturated rings. The Balaban J connectivity index is 1.22. The number of nitrogens with zero attached hydrogens (tertiary/aromatic N) is 4. The number of hydrogen-bond acceptors (Lipinski definition) is 5. The minimum atomic E-state index is 0.195. The SMILES string of the molecule is COC1=CC(CC(=O)N2CCC(c3nc(-c4cc5ccccc5[nH]4)c4c(N)nccn34)CC2)CC=C1. The first-order chi connectivity index (χ1) is 17.6. The molecule has 0 saturated carbocycles. The van der Waals surface area contributed by atoms with E-state index in [0.29, 0.717) is 12.2 Å². The maximum absolute atomic E-state index is 13.0. The van der Waals surface area contributed by atoms with Crippen molar-refractivity contribution in [1.29, 1.82) is 0 Å². The molecule has 1 amide bonds. The minimum Gasteiger partial charge on any atom is -0.497 e. The first kappa shape index (κ1) is 22.4. The summed E-state index contributed by atoms with van der Waals surface area (Å²) in [6.45, 7) is 1.45. The number of nitrogens with one attached hydrogen (secondary N) is 1. The van der Waals surface area contributed by atoms with Crippen LogP contribution >= 0.6 is 0 Å². The first-order valence-corrected chi connectivity index (χ1v) is 12.5. The number of nitrogens with two attached hydrogens (primary N) is 1. The van der Waals surface area contributed by atoms with Crippen LogP contribution in [-0.2, 0) is 9.53 Å². The molecule has 1 aliphatic heterocycles. The molecule has 1 aromatic carbocycles. The van der Waals surface area contributed by atoms with Crippen LogP contribution in [0.4, 0.5) is 5.82 Å². The zero-order valence-electron chi connectivity index (χ0n) is 20.4. The number of amides is 1. The number of imidazole rings is 1. The molecule has 1 saturated heterocycles. The zero-order chi connectivity index (χ0) is 24.6. The number of H-pyrrole nitrogens is 1. The van der Waals surface area contributed by atoms with Crippen molar-refractivity contribution in [3.8, 4) is 11.4 Å². The van der Waals surface area contributed by atoms with Gasteiger partial charge in [-0.05, 0) is 49.5 Å². The molecule has 0 spiro atoms. The van der Waals surface area contributed by atoms with E-state index in [0.717, 1.165) is 71.7 Å². The number of aromatic amines is 1. The first-order valence-electron chi connectivity index (χ1n) is 12.5. The van der Waals surface area contributed by atoms with Crippen molar-refractivity contribution >= 4 is 28.1 Å². The van der Waals surface area contributed by atoms with Crippen molar-refractivity contribution in [3.05, 3.63) is 72.5 Å². The Bertz CT molecular complexity index is 1460. The van der Waals surface area contributed by atoms with Gasteiger partial charge in [-0.2, -0.15) is 0 Å². The molecule has 8 heteroatoms. The topological polar surface area (TPSA) is 102 Å². The van der Waals surface area contributed by atoms with Crippen molar-refractivity contribution in [2.45, 2.75) is 31.6 Å². The van der Waals surface area contributed by atoms with Crippen molar-refractivity contribution in [1.82, 2.24) is 24.3 Å². The van der Waals surface area contributed by atoms with Gasteiger partial charge in [0.05, 0.1) is 12.8 Å². The largest absolute Gasteiger partial charge is 0.497 e. The quantitative estimate of drug-likeness (QED) is 0.431. The fourth-order valence-corrected chi connectivity index (χ4v) is 5.50. The van der Waals surface area contributed by atoms with E-state index < -0.39 is 0 Å². The minimum absolute atomic E-state index is 0.195. The van der Waals surface area contributed by atoms with Crippen LogP contribution in [0.15, 0.2) is 66.7 Å². The number of carbonyl (C=O) groups excluding carboxylic acids is 1. The molecule has 0 radical (unpaired) electrons. The highest BCUT2D eigenvalue weighted by Gasteiger charge is 2.29. The second-order valence-corrected chi connectivity index (χ2v) is 9.65. The lowest BCUT2D eigenvalue weighted by molar-refractivity contribution is -0.133. The smallest absolute Gasteiger partial charge is 0.223 e. The van der Waals surface area contributed by atoms with Crippen molar-refractivity contribution in [3.63, 3.8) is 0 Å². The molecule has 36 heavy (non-hydrogen) atoms. The van der Waals surface area contributed by atoms with Gasteiger partial charge in [-0.3, -0.25) is 9.20 Å². The molecule has 8 nitrogen and oxygen atoms in total. The van der Waals surface area contributed by atoms with Crippen LogP contribution in [0.25, 0.3) is 27.8 Å². The summed E-state index contributed by atoms with van der Waals surface area (Å²) >= 11 is 0. The number of carbonyl (C=O) groups is 1. The third-order valence-electron chi connectivity index (χ3n) is 7.40. The van der Waals surface area contributed by atoms with Crippen LogP contribution < -0.4 is 5.73 Å². The highest BCUT2D eigenvalue weighted by atomic mass is 16.5. The summed E-state index contributed by atoms with van der Waals surface area (Å²) in [5.74, 6) is 2.91. The second kappa shape index (κ2) is 9.18. The average Bonchev–Trinajstić information content (AvgIpc) is 3.51. The van der Waals surface area contributed by atoms with Gasteiger partial charge in [0.25, 0.3) is 0 Å². The van der Waals surface area contributed by atoms with Gasteiger partial charge in [-0.1, -0.05) is 24.3 Å². The maximum Gasteiger partial charge on any atom is 0.223 e. The van der Waals surface area contributed by atoms with E-state index in [4.69, 9.17) is 15.5 Å². The number of methoxy groups -OCH3 is 1. The van der Waals surface area contributed by atoms with E-state index in [1.165, 1.54) is 0 Å². The van der Waals surface area contributed by atoms with E-state index in [2.05, 4.69) is 44.7 Å². The Labute approximate surface area is 209 Å². The number of nitrogen functional groups attached to an aromatic ring is 1. The summed E-state index contributed by atoms with van der Waals surface area (Å²) in [5.41, 5.74) is 9.97. The Kier molecular flexibility index (Phi) is 5.71. The summed E-state index contributed by atoms with van der Waals surface area (Å²) in [4.78, 5) is 27.9. The number of ether oxygens (including phenoxy) is 1. The third kappa shape index (κ3) is 4.02. The van der Waals surface area contributed by atoms with Gasteiger partial charge in [0.2, 0.25) is 5.91 Å². The Morgan fingerprint density at radius 2 is 2.08 bits per heavy atom. The highest BCUT2D eigenvalue weighted by Crippen LogP contribution is 2.35. The van der Waals surface area contributed by atoms with Crippen LogP contribution in [0.1, 0.15) is 37.4 Å². The molecule has 1 unspecified atom stereocenters. The fourth-order valence-electron chi connectivity index (χ4n) is 5.50. The summed E-state index contributed by atoms with van der Waals surface area (Å²) in [6.07, 6.45) is 12.9. The van der Waals surface area contributed by atoms with Gasteiger partial charge in [0, 0.05) is 48.7 Å². The third-order valence-corrected chi connectivity index (χ3v) is 7.40. The van der Waals surface area contributed by atoms with E-state index in [1.54, 1.807) is 13.3 Å². The second-order valence-electron chi connectivity index (χ2n) is 9.65. The Morgan fingerprint density at radius 3 is 2.89 bits per heavy atom. The predicted octanol–water partition coefficient (Wildman–Crippen LogP) is 4.66. The monoisotopic (exact) mass is 482 g/mol. The van der Waals surface area contributed by atoms with Crippen LogP contribution in [-0.4, -0.2) is 50.4 Å². The van der Waals surface area contributed by atoms with E-state index in [9.17, 15) is 4.79 Å². The van der Waals surface area contributed by atoms with Crippen LogP contribution in [0, 0.1) is 5.92 Å².